The fourth-order valence-corrected chi connectivity index (χ4v) is 3.64. The van der Waals surface area contributed by atoms with Gasteiger partial charge in [-0.25, -0.2) is 4.98 Å². The topological polar surface area (TPSA) is 74.4 Å². The minimum atomic E-state index is -2.85. The standard InChI is InChI=1S/C21H23F2N5O2/c1-2-15-10-17-18(26-20(15)29)9-14(11-24-17)13-27-5-7-28(8-6-27)19-4-3-16(12-25-19)30-21(22)23/h3-4,9-12,21H,2,5-8,13H2,1H3,(H,26,29). The largest absolute Gasteiger partial charge is 0.433 e. The summed E-state index contributed by atoms with van der Waals surface area (Å²) in [6, 6.07) is 7.04. The number of aromatic amines is 1. The molecule has 158 valence electrons. The monoisotopic (exact) mass is 415 g/mol. The molecular formula is C21H23F2N5O2. The van der Waals surface area contributed by atoms with E-state index in [2.05, 4.69) is 29.5 Å². The average molecular weight is 415 g/mol. The molecule has 1 aliphatic heterocycles. The SMILES string of the molecule is CCc1cc2ncc(CN3CCN(c4ccc(OC(F)F)cn4)CC3)cc2[nH]c1=O. The van der Waals surface area contributed by atoms with Gasteiger partial charge in [0.15, 0.2) is 0 Å². The van der Waals surface area contributed by atoms with Crippen LogP contribution in [0.1, 0.15) is 18.1 Å². The van der Waals surface area contributed by atoms with Crippen LogP contribution in [0.25, 0.3) is 11.0 Å². The quantitative estimate of drug-likeness (QED) is 0.667. The number of rotatable bonds is 6. The maximum absolute atomic E-state index is 12.2. The van der Waals surface area contributed by atoms with Gasteiger partial charge in [-0.3, -0.25) is 14.7 Å². The fourth-order valence-electron chi connectivity index (χ4n) is 3.64. The van der Waals surface area contributed by atoms with Crippen LogP contribution in [0.4, 0.5) is 14.6 Å². The van der Waals surface area contributed by atoms with Crippen molar-refractivity contribution in [3.8, 4) is 5.75 Å². The van der Waals surface area contributed by atoms with E-state index in [-0.39, 0.29) is 11.3 Å². The first-order chi connectivity index (χ1) is 14.5. The van der Waals surface area contributed by atoms with Crippen LogP contribution < -0.4 is 15.2 Å². The molecule has 30 heavy (non-hydrogen) atoms. The van der Waals surface area contributed by atoms with Gasteiger partial charge >= 0.3 is 6.61 Å². The van der Waals surface area contributed by atoms with Crippen LogP contribution >= 0.6 is 0 Å². The summed E-state index contributed by atoms with van der Waals surface area (Å²) in [6.07, 6.45) is 3.85. The predicted octanol–water partition coefficient (Wildman–Crippen LogP) is 2.80. The van der Waals surface area contributed by atoms with E-state index >= 15 is 0 Å². The summed E-state index contributed by atoms with van der Waals surface area (Å²) in [5, 5.41) is 0. The summed E-state index contributed by atoms with van der Waals surface area (Å²) in [5.74, 6) is 0.799. The van der Waals surface area contributed by atoms with Gasteiger partial charge in [0.05, 0.1) is 17.2 Å². The summed E-state index contributed by atoms with van der Waals surface area (Å²) in [6.45, 7) is 3.06. The number of pyridine rings is 3. The molecule has 1 fully saturated rings. The smallest absolute Gasteiger partial charge is 0.387 e. The summed E-state index contributed by atoms with van der Waals surface area (Å²) < 4.78 is 28.8. The highest BCUT2D eigenvalue weighted by Gasteiger charge is 2.19. The van der Waals surface area contributed by atoms with Gasteiger partial charge in [-0.15, -0.1) is 0 Å². The van der Waals surface area contributed by atoms with Crippen molar-refractivity contribution in [3.05, 3.63) is 58.1 Å². The van der Waals surface area contributed by atoms with Gasteiger partial charge in [-0.1, -0.05) is 6.92 Å². The molecule has 0 aromatic carbocycles. The van der Waals surface area contributed by atoms with Crippen molar-refractivity contribution in [1.82, 2.24) is 19.9 Å². The van der Waals surface area contributed by atoms with Crippen molar-refractivity contribution in [2.45, 2.75) is 26.5 Å². The summed E-state index contributed by atoms with van der Waals surface area (Å²) in [4.78, 5) is 28.1. The normalized spacial score (nSPS) is 15.1. The first kappa shape index (κ1) is 20.2. The Labute approximate surface area is 172 Å². The zero-order chi connectivity index (χ0) is 21.1. The van der Waals surface area contributed by atoms with Crippen LogP contribution in [-0.2, 0) is 13.0 Å². The lowest BCUT2D eigenvalue weighted by atomic mass is 10.1. The second kappa shape index (κ2) is 8.74. The van der Waals surface area contributed by atoms with E-state index in [4.69, 9.17) is 0 Å². The molecule has 0 aliphatic carbocycles. The first-order valence-corrected chi connectivity index (χ1v) is 9.91. The molecular weight excluding hydrogens is 392 g/mol. The Balaban J connectivity index is 1.37. The summed E-state index contributed by atoms with van der Waals surface area (Å²) >= 11 is 0. The molecule has 0 amide bonds. The zero-order valence-electron chi connectivity index (χ0n) is 16.6. The number of H-pyrrole nitrogens is 1. The highest BCUT2D eigenvalue weighted by atomic mass is 19.3. The minimum absolute atomic E-state index is 0.0558. The van der Waals surface area contributed by atoms with Gasteiger partial charge in [0.1, 0.15) is 11.6 Å². The van der Waals surface area contributed by atoms with Crippen molar-refractivity contribution < 1.29 is 13.5 Å². The number of hydrogen-bond donors (Lipinski definition) is 1. The van der Waals surface area contributed by atoms with Crippen LogP contribution in [0, 0.1) is 0 Å². The van der Waals surface area contributed by atoms with E-state index in [0.717, 1.165) is 60.7 Å². The van der Waals surface area contributed by atoms with Crippen LogP contribution in [0.15, 0.2) is 41.5 Å². The number of hydrogen-bond acceptors (Lipinski definition) is 6. The molecule has 3 aromatic heterocycles. The molecule has 0 radical (unpaired) electrons. The molecule has 1 saturated heterocycles. The Kier molecular flexibility index (Phi) is 5.89. The molecule has 1 aliphatic rings. The molecule has 1 N–H and O–H groups in total. The Hall–Kier alpha value is -3.07. The van der Waals surface area contributed by atoms with Gasteiger partial charge in [-0.05, 0) is 36.2 Å². The third kappa shape index (κ3) is 4.56. The third-order valence-electron chi connectivity index (χ3n) is 5.26. The van der Waals surface area contributed by atoms with Crippen LogP contribution in [0.5, 0.6) is 5.75 Å². The number of aromatic nitrogens is 3. The lowest BCUT2D eigenvalue weighted by Crippen LogP contribution is -2.46. The molecule has 0 unspecified atom stereocenters. The molecule has 0 atom stereocenters. The summed E-state index contributed by atoms with van der Waals surface area (Å²) in [7, 11) is 0. The maximum Gasteiger partial charge on any atom is 0.387 e. The van der Waals surface area contributed by atoms with Gasteiger partial charge in [0.2, 0.25) is 0 Å². The number of ether oxygens (including phenoxy) is 1. The van der Waals surface area contributed by atoms with Crippen molar-refractivity contribution in [2.24, 2.45) is 0 Å². The second-order valence-corrected chi connectivity index (χ2v) is 7.25. The number of aryl methyl sites for hydroxylation is 1. The van der Waals surface area contributed by atoms with Crippen LogP contribution in [0.2, 0.25) is 0 Å². The van der Waals surface area contributed by atoms with E-state index in [1.54, 1.807) is 6.07 Å². The molecule has 0 spiro atoms. The highest BCUT2D eigenvalue weighted by molar-refractivity contribution is 5.74. The zero-order valence-corrected chi connectivity index (χ0v) is 16.6. The second-order valence-electron chi connectivity index (χ2n) is 7.25. The Morgan fingerprint density at radius 1 is 1.13 bits per heavy atom. The molecule has 4 heterocycles. The Bertz CT molecular complexity index is 1060. The molecule has 0 bridgehead atoms. The van der Waals surface area contributed by atoms with Gasteiger partial charge in [0, 0.05) is 44.5 Å². The lowest BCUT2D eigenvalue weighted by molar-refractivity contribution is -0.0500. The number of halogens is 2. The number of nitrogens with one attached hydrogen (secondary N) is 1. The number of nitrogens with zero attached hydrogens (tertiary/aromatic N) is 4. The first-order valence-electron chi connectivity index (χ1n) is 9.91. The third-order valence-corrected chi connectivity index (χ3v) is 5.26. The number of piperazine rings is 1. The number of fused-ring (bicyclic) bond motifs is 1. The van der Waals surface area contributed by atoms with E-state index in [1.807, 2.05) is 25.3 Å². The van der Waals surface area contributed by atoms with Gasteiger partial charge in [0.25, 0.3) is 5.56 Å². The summed E-state index contributed by atoms with van der Waals surface area (Å²) in [5.41, 5.74) is 3.27. The van der Waals surface area contributed by atoms with Gasteiger partial charge in [-0.2, -0.15) is 8.78 Å². The minimum Gasteiger partial charge on any atom is -0.433 e. The van der Waals surface area contributed by atoms with Crippen molar-refractivity contribution in [2.75, 3.05) is 31.1 Å². The molecule has 3 aromatic rings. The molecule has 4 rings (SSSR count). The molecule has 9 heteroatoms. The Morgan fingerprint density at radius 3 is 2.60 bits per heavy atom. The van der Waals surface area contributed by atoms with Crippen LogP contribution in [0.3, 0.4) is 0 Å². The lowest BCUT2D eigenvalue weighted by Gasteiger charge is -2.35. The fraction of sp³-hybridized carbons (Fsp3) is 0.381. The van der Waals surface area contributed by atoms with Crippen molar-refractivity contribution in [3.63, 3.8) is 0 Å². The molecule has 0 saturated carbocycles. The number of alkyl halides is 2. The average Bonchev–Trinajstić information content (AvgIpc) is 2.74. The van der Waals surface area contributed by atoms with E-state index in [1.165, 1.54) is 12.3 Å². The Morgan fingerprint density at radius 2 is 1.93 bits per heavy atom. The number of anilines is 1. The maximum atomic E-state index is 12.2. The highest BCUT2D eigenvalue weighted by Crippen LogP contribution is 2.20. The molecule has 7 nitrogen and oxygen atoms in total. The van der Waals surface area contributed by atoms with E-state index in [9.17, 15) is 13.6 Å². The van der Waals surface area contributed by atoms with Crippen molar-refractivity contribution >= 4 is 16.9 Å². The van der Waals surface area contributed by atoms with Gasteiger partial charge < -0.3 is 14.6 Å². The predicted molar refractivity (Wildman–Crippen MR) is 110 cm³/mol. The van der Waals surface area contributed by atoms with Crippen LogP contribution in [-0.4, -0.2) is 52.6 Å². The van der Waals surface area contributed by atoms with Crippen molar-refractivity contribution in [1.29, 1.82) is 0 Å². The van der Waals surface area contributed by atoms with E-state index in [0.29, 0.717) is 6.42 Å². The van der Waals surface area contributed by atoms with E-state index < -0.39 is 6.61 Å².